The molecule has 3 saturated heterocycles. The number of hydrogen-bond donors (Lipinski definition) is 1. The van der Waals surface area contributed by atoms with Crippen molar-refractivity contribution in [3.63, 3.8) is 0 Å². The van der Waals surface area contributed by atoms with Gasteiger partial charge in [-0.25, -0.2) is 15.0 Å². The number of aromatic nitrogens is 2. The van der Waals surface area contributed by atoms with Crippen molar-refractivity contribution in [1.29, 1.82) is 0 Å². The lowest BCUT2D eigenvalue weighted by atomic mass is 9.75. The SMILES string of the molecule is c1ncc(NC2=NC[C@@]3(CN4CCC3CC4)O2)cn1. The van der Waals surface area contributed by atoms with Crippen LogP contribution in [0.5, 0.6) is 0 Å². The molecule has 4 aliphatic heterocycles. The molecule has 1 aromatic rings. The number of nitrogens with zero attached hydrogens (tertiary/aromatic N) is 4. The lowest BCUT2D eigenvalue weighted by Gasteiger charge is -2.50. The highest BCUT2D eigenvalue weighted by atomic mass is 16.5. The third-order valence-corrected chi connectivity index (χ3v) is 4.42. The minimum atomic E-state index is -0.0888. The molecular weight excluding hydrogens is 242 g/mol. The lowest BCUT2D eigenvalue weighted by Crippen LogP contribution is -2.61. The minimum absolute atomic E-state index is 0.0888. The zero-order valence-corrected chi connectivity index (χ0v) is 10.7. The van der Waals surface area contributed by atoms with Gasteiger partial charge in [-0.1, -0.05) is 0 Å². The van der Waals surface area contributed by atoms with Crippen LogP contribution >= 0.6 is 0 Å². The molecule has 5 rings (SSSR count). The highest BCUT2D eigenvalue weighted by molar-refractivity contribution is 5.90. The second-order valence-corrected chi connectivity index (χ2v) is 5.59. The summed E-state index contributed by atoms with van der Waals surface area (Å²) in [6.45, 7) is 4.21. The normalized spacial score (nSPS) is 36.1. The van der Waals surface area contributed by atoms with Crippen LogP contribution in [-0.4, -0.2) is 52.7 Å². The Bertz CT molecular complexity index is 497. The van der Waals surface area contributed by atoms with E-state index in [9.17, 15) is 0 Å². The van der Waals surface area contributed by atoms with Gasteiger partial charge in [0.2, 0.25) is 0 Å². The summed E-state index contributed by atoms with van der Waals surface area (Å²) in [6, 6.07) is 0.614. The quantitative estimate of drug-likeness (QED) is 0.806. The number of rotatable bonds is 1. The first-order chi connectivity index (χ1) is 9.34. The van der Waals surface area contributed by atoms with E-state index in [2.05, 4.69) is 25.2 Å². The lowest BCUT2D eigenvalue weighted by molar-refractivity contribution is -0.0829. The number of ether oxygens (including phenoxy) is 1. The number of nitrogens with one attached hydrogen (secondary N) is 1. The highest BCUT2D eigenvalue weighted by Crippen LogP contribution is 2.40. The molecule has 1 atom stereocenters. The zero-order chi connectivity index (χ0) is 12.7. The first-order valence-electron chi connectivity index (χ1n) is 6.82. The van der Waals surface area contributed by atoms with E-state index in [0.29, 0.717) is 11.9 Å². The molecule has 0 saturated carbocycles. The summed E-state index contributed by atoms with van der Waals surface area (Å²) < 4.78 is 6.17. The van der Waals surface area contributed by atoms with Crippen molar-refractivity contribution in [1.82, 2.24) is 14.9 Å². The first-order valence-corrected chi connectivity index (χ1v) is 6.82. The summed E-state index contributed by atoms with van der Waals surface area (Å²) in [5.41, 5.74) is 0.730. The molecule has 2 bridgehead atoms. The molecule has 6 nitrogen and oxygen atoms in total. The topological polar surface area (TPSA) is 62.6 Å². The average Bonchev–Trinajstić information content (AvgIpc) is 2.84. The van der Waals surface area contributed by atoms with Gasteiger partial charge in [0.05, 0.1) is 24.6 Å². The van der Waals surface area contributed by atoms with Gasteiger partial charge < -0.3 is 10.1 Å². The third kappa shape index (κ3) is 1.87. The molecule has 1 aromatic heterocycles. The van der Waals surface area contributed by atoms with Crippen LogP contribution in [0.15, 0.2) is 23.7 Å². The molecule has 1 N–H and O–H groups in total. The van der Waals surface area contributed by atoms with Crippen molar-refractivity contribution in [2.24, 2.45) is 10.9 Å². The molecule has 0 aliphatic carbocycles. The van der Waals surface area contributed by atoms with Gasteiger partial charge in [0.1, 0.15) is 11.9 Å². The molecule has 5 heterocycles. The van der Waals surface area contributed by atoms with Gasteiger partial charge in [-0.3, -0.25) is 4.90 Å². The van der Waals surface area contributed by atoms with Crippen molar-refractivity contribution < 1.29 is 4.74 Å². The number of piperidine rings is 3. The number of anilines is 1. The van der Waals surface area contributed by atoms with E-state index in [0.717, 1.165) is 18.8 Å². The van der Waals surface area contributed by atoms with E-state index in [4.69, 9.17) is 4.74 Å². The van der Waals surface area contributed by atoms with Gasteiger partial charge in [0.25, 0.3) is 6.02 Å². The fourth-order valence-electron chi connectivity index (χ4n) is 3.43. The maximum atomic E-state index is 6.17. The number of aliphatic imine (C=N–C) groups is 1. The minimum Gasteiger partial charge on any atom is -0.455 e. The van der Waals surface area contributed by atoms with Gasteiger partial charge in [0.15, 0.2) is 0 Å². The van der Waals surface area contributed by atoms with E-state index in [1.807, 2.05) is 0 Å². The van der Waals surface area contributed by atoms with Crippen molar-refractivity contribution in [2.45, 2.75) is 18.4 Å². The number of hydrogen-bond acceptors (Lipinski definition) is 6. The summed E-state index contributed by atoms with van der Waals surface area (Å²) in [5, 5.41) is 3.16. The van der Waals surface area contributed by atoms with Crippen molar-refractivity contribution >= 4 is 11.7 Å². The van der Waals surface area contributed by atoms with Crippen LogP contribution in [0.25, 0.3) is 0 Å². The standard InChI is InChI=1S/C13H17N5O/c1-3-18-4-2-10(1)13(8-18)7-16-12(19-13)17-11-5-14-9-15-6-11/h5-6,9-10H,1-4,7-8H2,(H,16,17)/t13-/m0/s1. The molecule has 4 aliphatic rings. The van der Waals surface area contributed by atoms with Gasteiger partial charge >= 0.3 is 0 Å². The van der Waals surface area contributed by atoms with Crippen molar-refractivity contribution in [3.05, 3.63) is 18.7 Å². The predicted molar refractivity (Wildman–Crippen MR) is 70.9 cm³/mol. The van der Waals surface area contributed by atoms with Crippen LogP contribution in [0.3, 0.4) is 0 Å². The maximum Gasteiger partial charge on any atom is 0.290 e. The Balaban J connectivity index is 1.48. The van der Waals surface area contributed by atoms with Crippen LogP contribution in [0.2, 0.25) is 0 Å². The summed E-state index contributed by atoms with van der Waals surface area (Å²) in [4.78, 5) is 15.0. The van der Waals surface area contributed by atoms with Gasteiger partial charge in [-0.2, -0.15) is 0 Å². The first kappa shape index (κ1) is 11.2. The number of amidine groups is 1. The molecule has 1 spiro atoms. The second kappa shape index (κ2) is 4.16. The van der Waals surface area contributed by atoms with Crippen molar-refractivity contribution in [3.8, 4) is 0 Å². The van der Waals surface area contributed by atoms with Crippen LogP contribution in [0, 0.1) is 5.92 Å². The summed E-state index contributed by atoms with van der Waals surface area (Å²) in [6.07, 6.45) is 7.42. The van der Waals surface area contributed by atoms with Crippen LogP contribution < -0.4 is 5.32 Å². The Morgan fingerprint density at radius 1 is 1.26 bits per heavy atom. The van der Waals surface area contributed by atoms with Crippen LogP contribution in [0.4, 0.5) is 5.69 Å². The third-order valence-electron chi connectivity index (χ3n) is 4.42. The fraction of sp³-hybridized carbons (Fsp3) is 0.615. The average molecular weight is 259 g/mol. The molecule has 0 aromatic carbocycles. The summed E-state index contributed by atoms with van der Waals surface area (Å²) in [5.74, 6) is 0.646. The Morgan fingerprint density at radius 3 is 2.74 bits per heavy atom. The molecule has 0 amide bonds. The molecule has 0 radical (unpaired) electrons. The Hall–Kier alpha value is -1.69. The van der Waals surface area contributed by atoms with E-state index in [-0.39, 0.29) is 5.60 Å². The zero-order valence-electron chi connectivity index (χ0n) is 10.7. The summed E-state index contributed by atoms with van der Waals surface area (Å²) in [7, 11) is 0. The van der Waals surface area contributed by atoms with Crippen molar-refractivity contribution in [2.75, 3.05) is 31.5 Å². The largest absolute Gasteiger partial charge is 0.455 e. The van der Waals surface area contributed by atoms with E-state index >= 15 is 0 Å². The molecule has 3 fully saturated rings. The molecule has 100 valence electrons. The van der Waals surface area contributed by atoms with Gasteiger partial charge in [0, 0.05) is 12.5 Å². The maximum absolute atomic E-state index is 6.17. The Kier molecular flexibility index (Phi) is 2.44. The van der Waals surface area contributed by atoms with Gasteiger partial charge in [-0.05, 0) is 25.9 Å². The molecule has 19 heavy (non-hydrogen) atoms. The molecular formula is C13H17N5O. The molecule has 6 heteroatoms. The second-order valence-electron chi connectivity index (χ2n) is 5.59. The van der Waals surface area contributed by atoms with Gasteiger partial charge in [-0.15, -0.1) is 0 Å². The van der Waals surface area contributed by atoms with Crippen LogP contribution in [-0.2, 0) is 4.74 Å². The molecule has 0 unspecified atom stereocenters. The predicted octanol–water partition coefficient (Wildman–Crippen LogP) is 0.739. The van der Waals surface area contributed by atoms with E-state index in [1.165, 1.54) is 32.3 Å². The number of fused-ring (bicyclic) bond motifs is 2. The fourth-order valence-corrected chi connectivity index (χ4v) is 3.43. The smallest absolute Gasteiger partial charge is 0.290 e. The van der Waals surface area contributed by atoms with E-state index < -0.39 is 0 Å². The van der Waals surface area contributed by atoms with E-state index in [1.54, 1.807) is 12.4 Å². The highest BCUT2D eigenvalue weighted by Gasteiger charge is 2.51. The van der Waals surface area contributed by atoms with Crippen LogP contribution in [0.1, 0.15) is 12.8 Å². The monoisotopic (exact) mass is 259 g/mol. The Labute approximate surface area is 111 Å². The Morgan fingerprint density at radius 2 is 2.05 bits per heavy atom. The summed E-state index contributed by atoms with van der Waals surface area (Å²) >= 11 is 0.